The highest BCUT2D eigenvalue weighted by molar-refractivity contribution is 5.06. The van der Waals surface area contributed by atoms with Crippen molar-refractivity contribution in [1.82, 2.24) is 9.78 Å². The predicted octanol–water partition coefficient (Wildman–Crippen LogP) is 0.715. The third-order valence-corrected chi connectivity index (χ3v) is 2.26. The van der Waals surface area contributed by atoms with Crippen LogP contribution in [-0.2, 0) is 18.2 Å². The monoisotopic (exact) mass is 197 g/mol. The second-order valence-electron chi connectivity index (χ2n) is 3.55. The molecule has 0 spiro atoms. The van der Waals surface area contributed by atoms with Gasteiger partial charge in [0.05, 0.1) is 12.3 Å². The Kier molecular flexibility index (Phi) is 4.10. The molecule has 80 valence electrons. The van der Waals surface area contributed by atoms with E-state index in [2.05, 4.69) is 5.10 Å². The van der Waals surface area contributed by atoms with E-state index in [1.165, 1.54) is 0 Å². The average molecular weight is 197 g/mol. The van der Waals surface area contributed by atoms with Gasteiger partial charge < -0.3 is 10.5 Å². The summed E-state index contributed by atoms with van der Waals surface area (Å²) in [6.07, 6.45) is 4.74. The van der Waals surface area contributed by atoms with Gasteiger partial charge in [-0.2, -0.15) is 5.10 Å². The van der Waals surface area contributed by atoms with Crippen molar-refractivity contribution in [3.05, 3.63) is 18.0 Å². The van der Waals surface area contributed by atoms with Crippen molar-refractivity contribution in [2.45, 2.75) is 32.4 Å². The van der Waals surface area contributed by atoms with Crippen LogP contribution >= 0.6 is 0 Å². The summed E-state index contributed by atoms with van der Waals surface area (Å²) in [6.45, 7) is 4.69. The van der Waals surface area contributed by atoms with Crippen LogP contribution < -0.4 is 5.73 Å². The van der Waals surface area contributed by atoms with Gasteiger partial charge in [0.15, 0.2) is 0 Å². The first-order valence-electron chi connectivity index (χ1n) is 4.98. The number of rotatable bonds is 5. The first kappa shape index (κ1) is 11.2. The van der Waals surface area contributed by atoms with Gasteiger partial charge in [0, 0.05) is 25.9 Å². The van der Waals surface area contributed by atoms with E-state index in [4.69, 9.17) is 10.5 Å². The maximum Gasteiger partial charge on any atom is 0.0700 e. The van der Waals surface area contributed by atoms with E-state index in [1.807, 2.05) is 33.3 Å². The van der Waals surface area contributed by atoms with Crippen LogP contribution in [0.15, 0.2) is 12.4 Å². The quantitative estimate of drug-likeness (QED) is 0.756. The highest BCUT2D eigenvalue weighted by Crippen LogP contribution is 2.05. The van der Waals surface area contributed by atoms with Gasteiger partial charge in [-0.15, -0.1) is 0 Å². The molecule has 0 amide bonds. The van der Waals surface area contributed by atoms with Gasteiger partial charge in [0.25, 0.3) is 0 Å². The van der Waals surface area contributed by atoms with Crippen molar-refractivity contribution in [1.29, 1.82) is 0 Å². The Morgan fingerprint density at radius 2 is 2.36 bits per heavy atom. The number of nitrogens with zero attached hydrogens (tertiary/aromatic N) is 2. The molecule has 1 aromatic heterocycles. The molecule has 2 atom stereocenters. The molecule has 0 aliphatic heterocycles. The lowest BCUT2D eigenvalue weighted by Gasteiger charge is -2.18. The van der Waals surface area contributed by atoms with Crippen LogP contribution in [-0.4, -0.2) is 28.5 Å². The Labute approximate surface area is 85.0 Å². The van der Waals surface area contributed by atoms with E-state index >= 15 is 0 Å². The number of aromatic nitrogens is 2. The van der Waals surface area contributed by atoms with Crippen LogP contribution in [0.2, 0.25) is 0 Å². The van der Waals surface area contributed by atoms with Gasteiger partial charge >= 0.3 is 0 Å². The minimum Gasteiger partial charge on any atom is -0.377 e. The highest BCUT2D eigenvalue weighted by atomic mass is 16.5. The average Bonchev–Trinajstić information content (AvgIpc) is 2.51. The summed E-state index contributed by atoms with van der Waals surface area (Å²) in [5.74, 6) is 0. The molecule has 0 radical (unpaired) electrons. The van der Waals surface area contributed by atoms with E-state index in [9.17, 15) is 0 Å². The Balaban J connectivity index is 2.43. The molecule has 4 nitrogen and oxygen atoms in total. The number of nitrogens with two attached hydrogens (primary N) is 1. The molecular weight excluding hydrogens is 178 g/mol. The summed E-state index contributed by atoms with van der Waals surface area (Å²) >= 11 is 0. The Hall–Kier alpha value is -0.870. The van der Waals surface area contributed by atoms with Crippen LogP contribution in [0.4, 0.5) is 0 Å². The molecule has 1 rings (SSSR count). The summed E-state index contributed by atoms with van der Waals surface area (Å²) < 4.78 is 7.22. The molecule has 1 aromatic rings. The minimum atomic E-state index is 0.0409. The molecule has 4 heteroatoms. The molecule has 0 aliphatic rings. The summed E-state index contributed by atoms with van der Waals surface area (Å²) in [4.78, 5) is 0. The lowest BCUT2D eigenvalue weighted by molar-refractivity contribution is 0.0577. The van der Waals surface area contributed by atoms with Gasteiger partial charge in [-0.1, -0.05) is 0 Å². The van der Waals surface area contributed by atoms with Crippen LogP contribution in [0.25, 0.3) is 0 Å². The Morgan fingerprint density at radius 1 is 1.64 bits per heavy atom. The van der Waals surface area contributed by atoms with Gasteiger partial charge in [0.1, 0.15) is 0 Å². The molecule has 2 N–H and O–H groups in total. The molecule has 0 aromatic carbocycles. The highest BCUT2D eigenvalue weighted by Gasteiger charge is 2.13. The number of hydrogen-bond acceptors (Lipinski definition) is 3. The van der Waals surface area contributed by atoms with Crippen molar-refractivity contribution in [2.24, 2.45) is 12.8 Å². The SMILES string of the molecule is CCOC(C)C(N)Cc1cnn(C)c1. The van der Waals surface area contributed by atoms with Gasteiger partial charge in [-0.05, 0) is 25.8 Å². The van der Waals surface area contributed by atoms with Crippen LogP contribution in [0.5, 0.6) is 0 Å². The molecule has 0 aliphatic carbocycles. The van der Waals surface area contributed by atoms with Crippen LogP contribution in [0.3, 0.4) is 0 Å². The number of aryl methyl sites for hydroxylation is 1. The largest absolute Gasteiger partial charge is 0.377 e. The topological polar surface area (TPSA) is 53.1 Å². The summed E-state index contributed by atoms with van der Waals surface area (Å²) in [7, 11) is 1.90. The molecule has 2 unspecified atom stereocenters. The predicted molar refractivity (Wildman–Crippen MR) is 56.0 cm³/mol. The lowest BCUT2D eigenvalue weighted by atomic mass is 10.1. The summed E-state index contributed by atoms with van der Waals surface area (Å²) in [5.41, 5.74) is 7.14. The zero-order valence-electron chi connectivity index (χ0n) is 9.10. The number of hydrogen-bond donors (Lipinski definition) is 1. The molecule has 0 saturated carbocycles. The Morgan fingerprint density at radius 3 is 2.86 bits per heavy atom. The van der Waals surface area contributed by atoms with E-state index in [-0.39, 0.29) is 12.1 Å². The smallest absolute Gasteiger partial charge is 0.0700 e. The summed E-state index contributed by atoms with van der Waals surface area (Å²) in [5, 5.41) is 4.10. The van der Waals surface area contributed by atoms with Crippen molar-refractivity contribution in [2.75, 3.05) is 6.61 Å². The van der Waals surface area contributed by atoms with Crippen LogP contribution in [0, 0.1) is 0 Å². The van der Waals surface area contributed by atoms with Gasteiger partial charge in [-0.3, -0.25) is 4.68 Å². The third kappa shape index (κ3) is 3.12. The second-order valence-corrected chi connectivity index (χ2v) is 3.55. The number of ether oxygens (including phenoxy) is 1. The molecular formula is C10H19N3O. The standard InChI is InChI=1S/C10H19N3O/c1-4-14-8(2)10(11)5-9-6-12-13(3)7-9/h6-8,10H,4-5,11H2,1-3H3. The fraction of sp³-hybridized carbons (Fsp3) is 0.700. The van der Waals surface area contributed by atoms with Crippen molar-refractivity contribution in [3.8, 4) is 0 Å². The molecule has 0 fully saturated rings. The van der Waals surface area contributed by atoms with E-state index in [0.717, 1.165) is 12.0 Å². The minimum absolute atomic E-state index is 0.0409. The lowest BCUT2D eigenvalue weighted by Crippen LogP contribution is -2.36. The first-order valence-corrected chi connectivity index (χ1v) is 4.98. The van der Waals surface area contributed by atoms with E-state index in [1.54, 1.807) is 4.68 Å². The first-order chi connectivity index (χ1) is 6.63. The van der Waals surface area contributed by atoms with Gasteiger partial charge in [0.2, 0.25) is 0 Å². The molecule has 14 heavy (non-hydrogen) atoms. The maximum absolute atomic E-state index is 5.98. The van der Waals surface area contributed by atoms with Crippen molar-refractivity contribution < 1.29 is 4.74 Å². The maximum atomic E-state index is 5.98. The van der Waals surface area contributed by atoms with Crippen molar-refractivity contribution >= 4 is 0 Å². The molecule has 0 bridgehead atoms. The molecule has 0 saturated heterocycles. The fourth-order valence-electron chi connectivity index (χ4n) is 1.40. The zero-order chi connectivity index (χ0) is 10.6. The van der Waals surface area contributed by atoms with E-state index < -0.39 is 0 Å². The Bertz CT molecular complexity index is 272. The summed E-state index contributed by atoms with van der Waals surface area (Å²) in [6, 6.07) is 0.0409. The third-order valence-electron chi connectivity index (χ3n) is 2.26. The van der Waals surface area contributed by atoms with Crippen molar-refractivity contribution in [3.63, 3.8) is 0 Å². The van der Waals surface area contributed by atoms with Gasteiger partial charge in [-0.25, -0.2) is 0 Å². The molecule has 1 heterocycles. The van der Waals surface area contributed by atoms with Crippen LogP contribution in [0.1, 0.15) is 19.4 Å². The normalized spacial score (nSPS) is 15.4. The second kappa shape index (κ2) is 5.12. The van der Waals surface area contributed by atoms with E-state index in [0.29, 0.717) is 6.61 Å². The zero-order valence-corrected chi connectivity index (χ0v) is 9.10. The fourth-order valence-corrected chi connectivity index (χ4v) is 1.40.